The van der Waals surface area contributed by atoms with E-state index in [2.05, 4.69) is 4.98 Å². The molecule has 1 aromatic heterocycles. The van der Waals surface area contributed by atoms with E-state index in [4.69, 9.17) is 4.74 Å². The van der Waals surface area contributed by atoms with Crippen LogP contribution in [0.3, 0.4) is 0 Å². The number of pyridine rings is 1. The number of ether oxygens (including phenoxy) is 1. The van der Waals surface area contributed by atoms with Crippen molar-refractivity contribution in [2.75, 3.05) is 0 Å². The summed E-state index contributed by atoms with van der Waals surface area (Å²) in [4.78, 5) is 26.4. The Morgan fingerprint density at radius 1 is 1.00 bits per heavy atom. The topological polar surface area (TPSA) is 82.3 Å². The molecule has 0 atom stereocenters. The molecular formula is C19H14N2O4. The molecule has 0 aliphatic heterocycles. The van der Waals surface area contributed by atoms with Gasteiger partial charge in [-0.05, 0) is 31.2 Å². The fourth-order valence-electron chi connectivity index (χ4n) is 2.32. The van der Waals surface area contributed by atoms with Gasteiger partial charge in [-0.25, -0.2) is 4.98 Å². The normalized spacial score (nSPS) is 10.3. The lowest BCUT2D eigenvalue weighted by Crippen LogP contribution is -1.97. The Morgan fingerprint density at radius 2 is 1.68 bits per heavy atom. The molecule has 0 aliphatic rings. The van der Waals surface area contributed by atoms with Crippen LogP contribution in [0.4, 0.5) is 5.69 Å². The zero-order chi connectivity index (χ0) is 17.8. The Bertz CT molecular complexity index is 922. The second-order valence-corrected chi connectivity index (χ2v) is 5.32. The Morgan fingerprint density at radius 3 is 2.28 bits per heavy atom. The first-order valence-corrected chi connectivity index (χ1v) is 7.54. The van der Waals surface area contributed by atoms with Crippen LogP contribution in [-0.2, 0) is 0 Å². The zero-order valence-electron chi connectivity index (χ0n) is 13.4. The molecule has 0 spiro atoms. The summed E-state index contributed by atoms with van der Waals surface area (Å²) in [6, 6.07) is 18.3. The minimum atomic E-state index is -0.471. The quantitative estimate of drug-likeness (QED) is 0.385. The van der Waals surface area contributed by atoms with Crippen molar-refractivity contribution < 1.29 is 14.5 Å². The lowest BCUT2D eigenvalue weighted by Gasteiger charge is -2.08. The van der Waals surface area contributed by atoms with E-state index in [1.54, 1.807) is 48.5 Å². The summed E-state index contributed by atoms with van der Waals surface area (Å²) in [5.74, 6) is 0.691. The highest BCUT2D eigenvalue weighted by atomic mass is 16.6. The molecule has 0 N–H and O–H groups in total. The standard InChI is InChI=1S/C19H14N2O4/c1-13(22)14-7-9-16(10-8-14)25-18-12-11-17(21(23)24)19(20-18)15-5-3-2-4-6-15/h2-12H,1H3. The SMILES string of the molecule is CC(=O)c1ccc(Oc2ccc([N+](=O)[O-])c(-c3ccccc3)n2)cc1. The first-order chi connectivity index (χ1) is 12.0. The number of Topliss-reactive ketones (excluding diaryl/α,β-unsaturated/α-hetero) is 1. The summed E-state index contributed by atoms with van der Waals surface area (Å²) in [5, 5.41) is 11.3. The molecule has 0 aliphatic carbocycles. The third-order valence-corrected chi connectivity index (χ3v) is 3.58. The maximum atomic E-state index is 11.3. The smallest absolute Gasteiger partial charge is 0.295 e. The van der Waals surface area contributed by atoms with Crippen LogP contribution in [-0.4, -0.2) is 15.7 Å². The van der Waals surface area contributed by atoms with Crippen molar-refractivity contribution in [3.63, 3.8) is 0 Å². The van der Waals surface area contributed by atoms with Gasteiger partial charge in [0.1, 0.15) is 5.75 Å². The van der Waals surface area contributed by atoms with Crippen LogP contribution in [0, 0.1) is 10.1 Å². The van der Waals surface area contributed by atoms with Crippen molar-refractivity contribution in [1.29, 1.82) is 0 Å². The first kappa shape index (κ1) is 16.3. The van der Waals surface area contributed by atoms with Crippen LogP contribution >= 0.6 is 0 Å². The van der Waals surface area contributed by atoms with Crippen molar-refractivity contribution in [2.24, 2.45) is 0 Å². The fourth-order valence-corrected chi connectivity index (χ4v) is 2.32. The largest absolute Gasteiger partial charge is 0.439 e. The maximum absolute atomic E-state index is 11.3. The van der Waals surface area contributed by atoms with Gasteiger partial charge in [-0.15, -0.1) is 0 Å². The molecule has 25 heavy (non-hydrogen) atoms. The number of aromatic nitrogens is 1. The van der Waals surface area contributed by atoms with Gasteiger partial charge in [0.15, 0.2) is 11.5 Å². The second kappa shape index (κ2) is 6.92. The van der Waals surface area contributed by atoms with E-state index in [0.717, 1.165) is 0 Å². The van der Waals surface area contributed by atoms with E-state index in [9.17, 15) is 14.9 Å². The van der Waals surface area contributed by atoms with Gasteiger partial charge in [0, 0.05) is 23.3 Å². The second-order valence-electron chi connectivity index (χ2n) is 5.32. The molecule has 0 fully saturated rings. The predicted molar refractivity (Wildman–Crippen MR) is 92.8 cm³/mol. The molecule has 0 saturated heterocycles. The Kier molecular flexibility index (Phi) is 4.52. The van der Waals surface area contributed by atoms with Crippen LogP contribution in [0.1, 0.15) is 17.3 Å². The van der Waals surface area contributed by atoms with Crippen molar-refractivity contribution in [3.05, 3.63) is 82.4 Å². The van der Waals surface area contributed by atoms with Gasteiger partial charge in [-0.3, -0.25) is 14.9 Å². The summed E-state index contributed by atoms with van der Waals surface area (Å²) < 4.78 is 5.66. The van der Waals surface area contributed by atoms with Crippen molar-refractivity contribution >= 4 is 11.5 Å². The average molecular weight is 334 g/mol. The van der Waals surface area contributed by atoms with E-state index in [-0.39, 0.29) is 23.0 Å². The van der Waals surface area contributed by atoms with Gasteiger partial charge in [0.05, 0.1) is 4.92 Å². The lowest BCUT2D eigenvalue weighted by atomic mass is 10.1. The number of carbonyl (C=O) groups excluding carboxylic acids is 1. The van der Waals surface area contributed by atoms with E-state index < -0.39 is 4.92 Å². The van der Waals surface area contributed by atoms with Crippen molar-refractivity contribution in [1.82, 2.24) is 4.98 Å². The number of nitrogens with zero attached hydrogens (tertiary/aromatic N) is 2. The van der Waals surface area contributed by atoms with Gasteiger partial charge in [0.25, 0.3) is 5.69 Å². The third-order valence-electron chi connectivity index (χ3n) is 3.58. The molecule has 0 radical (unpaired) electrons. The highest BCUT2D eigenvalue weighted by Crippen LogP contribution is 2.31. The first-order valence-electron chi connectivity index (χ1n) is 7.54. The highest BCUT2D eigenvalue weighted by Gasteiger charge is 2.18. The van der Waals surface area contributed by atoms with Gasteiger partial charge in [0.2, 0.25) is 5.88 Å². The number of hydrogen-bond acceptors (Lipinski definition) is 5. The van der Waals surface area contributed by atoms with Gasteiger partial charge in [-0.1, -0.05) is 30.3 Å². The molecule has 3 aromatic rings. The van der Waals surface area contributed by atoms with Gasteiger partial charge < -0.3 is 4.74 Å². The molecule has 124 valence electrons. The van der Waals surface area contributed by atoms with E-state index in [0.29, 0.717) is 16.9 Å². The number of nitro groups is 1. The summed E-state index contributed by atoms with van der Waals surface area (Å²) in [6.07, 6.45) is 0. The number of ketones is 1. The summed E-state index contributed by atoms with van der Waals surface area (Å²) in [7, 11) is 0. The average Bonchev–Trinajstić information content (AvgIpc) is 2.62. The van der Waals surface area contributed by atoms with Gasteiger partial charge in [-0.2, -0.15) is 0 Å². The van der Waals surface area contributed by atoms with Crippen LogP contribution in [0.5, 0.6) is 11.6 Å². The molecule has 6 heteroatoms. The minimum absolute atomic E-state index is 0.0358. The van der Waals surface area contributed by atoms with Crippen LogP contribution in [0.15, 0.2) is 66.7 Å². The maximum Gasteiger partial charge on any atom is 0.295 e. The van der Waals surface area contributed by atoms with Gasteiger partial charge >= 0.3 is 0 Å². The Labute approximate surface area is 143 Å². The predicted octanol–water partition coefficient (Wildman–Crippen LogP) is 4.65. The molecule has 3 rings (SSSR count). The summed E-state index contributed by atoms with van der Waals surface area (Å²) >= 11 is 0. The lowest BCUT2D eigenvalue weighted by molar-refractivity contribution is -0.384. The Balaban J connectivity index is 1.95. The molecule has 1 heterocycles. The van der Waals surface area contributed by atoms with E-state index >= 15 is 0 Å². The summed E-state index contributed by atoms with van der Waals surface area (Å²) in [6.45, 7) is 1.49. The van der Waals surface area contributed by atoms with Crippen LogP contribution < -0.4 is 4.74 Å². The molecule has 0 saturated carbocycles. The zero-order valence-corrected chi connectivity index (χ0v) is 13.4. The van der Waals surface area contributed by atoms with Crippen molar-refractivity contribution in [2.45, 2.75) is 6.92 Å². The molecule has 0 bridgehead atoms. The number of carbonyl (C=O) groups is 1. The van der Waals surface area contributed by atoms with Crippen LogP contribution in [0.25, 0.3) is 11.3 Å². The highest BCUT2D eigenvalue weighted by molar-refractivity contribution is 5.94. The molecular weight excluding hydrogens is 320 g/mol. The molecule has 6 nitrogen and oxygen atoms in total. The molecule has 2 aromatic carbocycles. The van der Waals surface area contributed by atoms with E-state index in [1.165, 1.54) is 19.1 Å². The monoisotopic (exact) mass is 334 g/mol. The molecule has 0 amide bonds. The Hall–Kier alpha value is -3.54. The number of hydrogen-bond donors (Lipinski definition) is 0. The van der Waals surface area contributed by atoms with Crippen LogP contribution in [0.2, 0.25) is 0 Å². The molecule has 0 unspecified atom stereocenters. The minimum Gasteiger partial charge on any atom is -0.439 e. The number of benzene rings is 2. The summed E-state index contributed by atoms with van der Waals surface area (Å²) in [5.41, 5.74) is 1.36. The fraction of sp³-hybridized carbons (Fsp3) is 0.0526. The third kappa shape index (κ3) is 3.69. The van der Waals surface area contributed by atoms with Crippen molar-refractivity contribution in [3.8, 4) is 22.9 Å². The number of rotatable bonds is 5. The van der Waals surface area contributed by atoms with E-state index in [1.807, 2.05) is 6.07 Å².